The van der Waals surface area contributed by atoms with Crippen LogP contribution in [-0.2, 0) is 0 Å². The van der Waals surface area contributed by atoms with Crippen LogP contribution in [0.1, 0.15) is 15.9 Å². The molecule has 86 valence electrons. The van der Waals surface area contributed by atoms with Gasteiger partial charge in [0, 0.05) is 11.3 Å². The fraction of sp³-hybridized carbons (Fsp3) is 0.0714. The Morgan fingerprint density at radius 2 is 1.82 bits per heavy atom. The van der Waals surface area contributed by atoms with E-state index in [4.69, 9.17) is 0 Å². The van der Waals surface area contributed by atoms with Crippen LogP contribution in [0.3, 0.4) is 0 Å². The molecule has 17 heavy (non-hydrogen) atoms. The van der Waals surface area contributed by atoms with E-state index in [0.717, 1.165) is 5.56 Å². The Kier molecular flexibility index (Phi) is 3.19. The highest BCUT2D eigenvalue weighted by Crippen LogP contribution is 2.14. The Balaban J connectivity index is 2.19. The number of halogens is 1. The molecule has 0 aliphatic rings. The monoisotopic (exact) mass is 229 g/mol. The fourth-order valence-electron chi connectivity index (χ4n) is 1.60. The topological polar surface area (TPSA) is 29.1 Å². The molecule has 0 unspecified atom stereocenters. The van der Waals surface area contributed by atoms with Gasteiger partial charge in [-0.05, 0) is 42.8 Å². The highest BCUT2D eigenvalue weighted by molar-refractivity contribution is 6.04. The summed E-state index contributed by atoms with van der Waals surface area (Å²) < 4.78 is 13.1. The van der Waals surface area contributed by atoms with Crippen molar-refractivity contribution in [3.05, 3.63) is 65.5 Å². The molecule has 0 spiro atoms. The number of carbonyl (C=O) groups is 1. The van der Waals surface area contributed by atoms with Crippen LogP contribution < -0.4 is 5.32 Å². The normalized spacial score (nSPS) is 10.0. The summed E-state index contributed by atoms with van der Waals surface area (Å²) in [6.07, 6.45) is 0. The van der Waals surface area contributed by atoms with Gasteiger partial charge in [0.05, 0.1) is 0 Å². The molecule has 0 heterocycles. The third kappa shape index (κ3) is 2.91. The van der Waals surface area contributed by atoms with E-state index in [-0.39, 0.29) is 11.7 Å². The minimum atomic E-state index is -0.353. The zero-order valence-corrected chi connectivity index (χ0v) is 9.41. The molecular weight excluding hydrogens is 217 g/mol. The molecular formula is C14H12FNO. The molecule has 0 fully saturated rings. The van der Waals surface area contributed by atoms with E-state index in [0.29, 0.717) is 11.3 Å². The van der Waals surface area contributed by atoms with Gasteiger partial charge >= 0.3 is 0 Å². The van der Waals surface area contributed by atoms with Crippen molar-refractivity contribution in [3.8, 4) is 0 Å². The van der Waals surface area contributed by atoms with Gasteiger partial charge in [-0.2, -0.15) is 0 Å². The van der Waals surface area contributed by atoms with Crippen LogP contribution >= 0.6 is 0 Å². The minimum Gasteiger partial charge on any atom is -0.322 e. The fourth-order valence-corrected chi connectivity index (χ4v) is 1.60. The van der Waals surface area contributed by atoms with E-state index in [2.05, 4.69) is 5.32 Å². The Morgan fingerprint density at radius 3 is 2.47 bits per heavy atom. The van der Waals surface area contributed by atoms with E-state index < -0.39 is 0 Å². The van der Waals surface area contributed by atoms with E-state index in [9.17, 15) is 9.18 Å². The largest absolute Gasteiger partial charge is 0.322 e. The molecule has 0 aliphatic carbocycles. The first kappa shape index (κ1) is 11.3. The summed E-state index contributed by atoms with van der Waals surface area (Å²) in [6, 6.07) is 13.3. The first-order valence-electron chi connectivity index (χ1n) is 5.29. The maximum Gasteiger partial charge on any atom is 0.255 e. The first-order valence-corrected chi connectivity index (χ1v) is 5.29. The summed E-state index contributed by atoms with van der Waals surface area (Å²) in [4.78, 5) is 11.8. The summed E-state index contributed by atoms with van der Waals surface area (Å²) in [5.41, 5.74) is 1.79. The molecule has 0 saturated carbocycles. The molecule has 1 N–H and O–H groups in total. The van der Waals surface area contributed by atoms with Crippen LogP contribution in [-0.4, -0.2) is 5.91 Å². The molecule has 0 aliphatic heterocycles. The number of hydrogen-bond acceptors (Lipinski definition) is 1. The Labute approximate surface area is 99.1 Å². The van der Waals surface area contributed by atoms with Crippen molar-refractivity contribution in [2.75, 3.05) is 5.32 Å². The molecule has 3 heteroatoms. The van der Waals surface area contributed by atoms with Crippen molar-refractivity contribution in [2.24, 2.45) is 0 Å². The molecule has 0 radical (unpaired) electrons. The average Bonchev–Trinajstić information content (AvgIpc) is 2.28. The van der Waals surface area contributed by atoms with Gasteiger partial charge in [-0.15, -0.1) is 0 Å². The standard InChI is InChI=1S/C14H12FNO/c1-10-7-12(15)9-13(8-10)16-14(17)11-5-3-2-4-6-11/h2-9H,1H3,(H,16,17). The Morgan fingerprint density at radius 1 is 1.12 bits per heavy atom. The van der Waals surface area contributed by atoms with Crippen molar-refractivity contribution >= 4 is 11.6 Å². The average molecular weight is 229 g/mol. The zero-order valence-electron chi connectivity index (χ0n) is 9.41. The summed E-state index contributed by atoms with van der Waals surface area (Å²) in [5, 5.41) is 2.66. The molecule has 2 aromatic rings. The summed E-state index contributed by atoms with van der Waals surface area (Å²) in [5.74, 6) is -0.594. The van der Waals surface area contributed by atoms with E-state index in [1.807, 2.05) is 6.07 Å². The maximum atomic E-state index is 13.1. The lowest BCUT2D eigenvalue weighted by Crippen LogP contribution is -2.11. The smallest absolute Gasteiger partial charge is 0.255 e. The van der Waals surface area contributed by atoms with Crippen molar-refractivity contribution in [1.29, 1.82) is 0 Å². The number of carbonyl (C=O) groups excluding carboxylic acids is 1. The predicted octanol–water partition coefficient (Wildman–Crippen LogP) is 3.39. The molecule has 2 rings (SSSR count). The molecule has 1 amide bonds. The van der Waals surface area contributed by atoms with Crippen LogP contribution in [0.5, 0.6) is 0 Å². The molecule has 0 saturated heterocycles. The van der Waals surface area contributed by atoms with Gasteiger partial charge in [-0.3, -0.25) is 4.79 Å². The SMILES string of the molecule is Cc1cc(F)cc(NC(=O)c2ccccc2)c1. The predicted molar refractivity (Wildman–Crippen MR) is 65.5 cm³/mol. The third-order valence-electron chi connectivity index (χ3n) is 2.34. The third-order valence-corrected chi connectivity index (χ3v) is 2.34. The summed E-state index contributed by atoms with van der Waals surface area (Å²) >= 11 is 0. The first-order chi connectivity index (χ1) is 8.15. The lowest BCUT2D eigenvalue weighted by Gasteiger charge is -2.06. The van der Waals surface area contributed by atoms with Crippen molar-refractivity contribution in [2.45, 2.75) is 6.92 Å². The molecule has 2 nitrogen and oxygen atoms in total. The van der Waals surface area contributed by atoms with Crippen LogP contribution in [0.4, 0.5) is 10.1 Å². The summed E-state index contributed by atoms with van der Waals surface area (Å²) in [6.45, 7) is 1.78. The summed E-state index contributed by atoms with van der Waals surface area (Å²) in [7, 11) is 0. The number of rotatable bonds is 2. The van der Waals surface area contributed by atoms with E-state index in [1.165, 1.54) is 12.1 Å². The second kappa shape index (κ2) is 4.78. The van der Waals surface area contributed by atoms with Gasteiger partial charge in [0.15, 0.2) is 0 Å². The number of aryl methyl sites for hydroxylation is 1. The van der Waals surface area contributed by atoms with Gasteiger partial charge in [0.1, 0.15) is 5.82 Å². The Hall–Kier alpha value is -2.16. The van der Waals surface area contributed by atoms with Crippen LogP contribution in [0.15, 0.2) is 48.5 Å². The highest BCUT2D eigenvalue weighted by atomic mass is 19.1. The number of benzene rings is 2. The van der Waals surface area contributed by atoms with Crippen molar-refractivity contribution in [1.82, 2.24) is 0 Å². The van der Waals surface area contributed by atoms with Gasteiger partial charge in [0.25, 0.3) is 5.91 Å². The van der Waals surface area contributed by atoms with Gasteiger partial charge in [-0.1, -0.05) is 18.2 Å². The van der Waals surface area contributed by atoms with E-state index in [1.54, 1.807) is 37.3 Å². The van der Waals surface area contributed by atoms with Gasteiger partial charge in [-0.25, -0.2) is 4.39 Å². The van der Waals surface area contributed by atoms with Crippen LogP contribution in [0, 0.1) is 12.7 Å². The molecule has 0 bridgehead atoms. The maximum absolute atomic E-state index is 13.1. The van der Waals surface area contributed by atoms with Crippen molar-refractivity contribution in [3.63, 3.8) is 0 Å². The van der Waals surface area contributed by atoms with Crippen LogP contribution in [0.25, 0.3) is 0 Å². The second-order valence-corrected chi connectivity index (χ2v) is 3.84. The molecule has 0 atom stereocenters. The quantitative estimate of drug-likeness (QED) is 0.840. The lowest BCUT2D eigenvalue weighted by atomic mass is 10.2. The highest BCUT2D eigenvalue weighted by Gasteiger charge is 2.06. The zero-order chi connectivity index (χ0) is 12.3. The number of nitrogens with one attached hydrogen (secondary N) is 1. The number of hydrogen-bond donors (Lipinski definition) is 1. The Bertz CT molecular complexity index is 517. The molecule has 2 aromatic carbocycles. The lowest BCUT2D eigenvalue weighted by molar-refractivity contribution is 0.102. The molecule has 0 aromatic heterocycles. The second-order valence-electron chi connectivity index (χ2n) is 3.84. The van der Waals surface area contributed by atoms with Crippen LogP contribution in [0.2, 0.25) is 0 Å². The van der Waals surface area contributed by atoms with E-state index >= 15 is 0 Å². The number of anilines is 1. The van der Waals surface area contributed by atoms with Crippen molar-refractivity contribution < 1.29 is 9.18 Å². The number of amides is 1. The minimum absolute atomic E-state index is 0.240. The van der Waals surface area contributed by atoms with Gasteiger partial charge < -0.3 is 5.32 Å². The van der Waals surface area contributed by atoms with Gasteiger partial charge in [0.2, 0.25) is 0 Å².